The lowest BCUT2D eigenvalue weighted by Crippen LogP contribution is -2.33. The van der Waals surface area contributed by atoms with Gasteiger partial charge in [-0.25, -0.2) is 14.4 Å². The van der Waals surface area contributed by atoms with E-state index in [2.05, 4.69) is 20.3 Å². The number of alkyl halides is 3. The number of carbonyl (C=O) groups is 1. The number of halogens is 4. The van der Waals surface area contributed by atoms with E-state index in [-0.39, 0.29) is 45.7 Å². The van der Waals surface area contributed by atoms with Gasteiger partial charge < -0.3 is 24.3 Å². The number of anilines is 1. The Morgan fingerprint density at radius 1 is 0.911 bits per heavy atom. The van der Waals surface area contributed by atoms with Crippen molar-refractivity contribution in [2.75, 3.05) is 26.6 Å². The lowest BCUT2D eigenvalue weighted by atomic mass is 10.1. The fraction of sp³-hybridized carbons (Fsp3) is 0.167. The molecule has 5 rings (SSSR count). The minimum atomic E-state index is -4.94. The molecule has 0 unspecified atom stereocenters. The third kappa shape index (κ3) is 6.04. The van der Waals surface area contributed by atoms with Gasteiger partial charge in [-0.05, 0) is 36.8 Å². The smallest absolute Gasteiger partial charge is 0.431 e. The number of amides is 1. The predicted octanol–water partition coefficient (Wildman–Crippen LogP) is 5.71. The van der Waals surface area contributed by atoms with E-state index in [1.54, 1.807) is 6.07 Å². The van der Waals surface area contributed by atoms with E-state index in [1.165, 1.54) is 58.7 Å². The maximum atomic E-state index is 15.1. The summed E-state index contributed by atoms with van der Waals surface area (Å²) in [6.07, 6.45) is -2.47. The van der Waals surface area contributed by atoms with Crippen molar-refractivity contribution in [1.29, 1.82) is 0 Å². The molecule has 45 heavy (non-hydrogen) atoms. The van der Waals surface area contributed by atoms with E-state index in [0.717, 1.165) is 18.3 Å². The molecule has 0 radical (unpaired) electrons. The van der Waals surface area contributed by atoms with Crippen molar-refractivity contribution in [3.05, 3.63) is 93.9 Å². The van der Waals surface area contributed by atoms with Gasteiger partial charge in [0.15, 0.2) is 23.1 Å². The molecule has 1 aromatic carbocycles. The van der Waals surface area contributed by atoms with Crippen LogP contribution in [-0.2, 0) is 6.18 Å². The first-order valence-corrected chi connectivity index (χ1v) is 13.0. The molecule has 0 spiro atoms. The second-order valence-corrected chi connectivity index (χ2v) is 9.36. The van der Waals surface area contributed by atoms with Crippen molar-refractivity contribution >= 4 is 22.6 Å². The van der Waals surface area contributed by atoms with E-state index >= 15 is 4.39 Å². The van der Waals surface area contributed by atoms with Crippen LogP contribution in [0.4, 0.5) is 23.2 Å². The van der Waals surface area contributed by atoms with Crippen LogP contribution in [-0.4, -0.2) is 46.8 Å². The highest BCUT2D eigenvalue weighted by atomic mass is 19.4. The van der Waals surface area contributed by atoms with Crippen LogP contribution in [0.15, 0.2) is 65.7 Å². The summed E-state index contributed by atoms with van der Waals surface area (Å²) in [4.78, 5) is 38.8. The van der Waals surface area contributed by atoms with Crippen molar-refractivity contribution in [2.24, 2.45) is 0 Å². The zero-order valence-electron chi connectivity index (χ0n) is 24.0. The van der Waals surface area contributed by atoms with Gasteiger partial charge in [0.05, 0.1) is 38.7 Å². The summed E-state index contributed by atoms with van der Waals surface area (Å²) in [7, 11) is 4.17. The minimum absolute atomic E-state index is 0.0953. The summed E-state index contributed by atoms with van der Waals surface area (Å²) in [6.45, 7) is 1.46. The standard InChI is InChI=1S/C30H23F4N5O6/c1-15-11-25(43-3)36-14-20(15)39-24(30(32,33)34)8-6-17(29(39)41)27(40)37-16-5-7-21(18(31)12-16)45-22-9-10-35-19-13-23(42-2)28(44-4)38-26(19)22/h5-14H,1-4H3,(H,37,40). The predicted molar refractivity (Wildman–Crippen MR) is 153 cm³/mol. The Kier molecular flexibility index (Phi) is 8.26. The zero-order valence-corrected chi connectivity index (χ0v) is 24.0. The summed E-state index contributed by atoms with van der Waals surface area (Å²) in [6, 6.07) is 9.17. The van der Waals surface area contributed by atoms with Gasteiger partial charge in [-0.2, -0.15) is 13.2 Å². The largest absolute Gasteiger partial charge is 0.491 e. The third-order valence-electron chi connectivity index (χ3n) is 6.56. The highest BCUT2D eigenvalue weighted by Crippen LogP contribution is 2.35. The Bertz CT molecular complexity index is 2000. The molecule has 5 aromatic rings. The van der Waals surface area contributed by atoms with Crippen LogP contribution >= 0.6 is 0 Å². The first-order chi connectivity index (χ1) is 21.4. The molecule has 0 aliphatic carbocycles. The topological polar surface area (TPSA) is 127 Å². The normalized spacial score (nSPS) is 11.3. The van der Waals surface area contributed by atoms with Gasteiger partial charge in [-0.1, -0.05) is 0 Å². The number of hydrogen-bond acceptors (Lipinski definition) is 9. The molecule has 11 nitrogen and oxygen atoms in total. The molecular weight excluding hydrogens is 602 g/mol. The highest BCUT2D eigenvalue weighted by Gasteiger charge is 2.36. The molecule has 232 valence electrons. The lowest BCUT2D eigenvalue weighted by Gasteiger charge is -2.18. The number of carbonyl (C=O) groups excluding carboxylic acids is 1. The Hall–Kier alpha value is -5.73. The number of pyridine rings is 4. The van der Waals surface area contributed by atoms with Gasteiger partial charge in [0.2, 0.25) is 5.88 Å². The average molecular weight is 626 g/mol. The van der Waals surface area contributed by atoms with Crippen LogP contribution in [0, 0.1) is 12.7 Å². The van der Waals surface area contributed by atoms with Crippen molar-refractivity contribution < 1.29 is 41.3 Å². The van der Waals surface area contributed by atoms with E-state index in [9.17, 15) is 22.8 Å². The highest BCUT2D eigenvalue weighted by molar-refractivity contribution is 6.04. The van der Waals surface area contributed by atoms with E-state index in [0.29, 0.717) is 21.9 Å². The van der Waals surface area contributed by atoms with Crippen molar-refractivity contribution in [3.63, 3.8) is 0 Å². The molecule has 4 aromatic heterocycles. The van der Waals surface area contributed by atoms with Gasteiger partial charge in [0, 0.05) is 36.1 Å². The van der Waals surface area contributed by atoms with Gasteiger partial charge >= 0.3 is 6.18 Å². The minimum Gasteiger partial charge on any atom is -0.491 e. The van der Waals surface area contributed by atoms with Gasteiger partial charge in [0.25, 0.3) is 17.3 Å². The molecule has 4 heterocycles. The quantitative estimate of drug-likeness (QED) is 0.216. The number of nitrogens with zero attached hydrogens (tertiary/aromatic N) is 4. The zero-order chi connectivity index (χ0) is 32.5. The number of ether oxygens (including phenoxy) is 4. The SMILES string of the molecule is COc1cc(C)c(-n2c(C(F)(F)F)ccc(C(=O)Nc3ccc(Oc4ccnc5cc(OC)c(OC)nc45)c(F)c3)c2=O)cn1. The van der Waals surface area contributed by atoms with Crippen LogP contribution in [0.3, 0.4) is 0 Å². The summed E-state index contributed by atoms with van der Waals surface area (Å²) >= 11 is 0. The van der Waals surface area contributed by atoms with Crippen molar-refractivity contribution in [3.8, 4) is 34.7 Å². The first kappa shape index (κ1) is 30.7. The molecule has 0 aliphatic heterocycles. The molecular formula is C30H23F4N5O6. The van der Waals surface area contributed by atoms with Gasteiger partial charge in [0.1, 0.15) is 16.8 Å². The number of fused-ring (bicyclic) bond motifs is 1. The van der Waals surface area contributed by atoms with Crippen LogP contribution < -0.4 is 29.8 Å². The monoisotopic (exact) mass is 625 g/mol. The Morgan fingerprint density at radius 2 is 1.69 bits per heavy atom. The van der Waals surface area contributed by atoms with Crippen LogP contribution in [0.1, 0.15) is 21.6 Å². The number of nitrogens with one attached hydrogen (secondary N) is 1. The van der Waals surface area contributed by atoms with Crippen molar-refractivity contribution in [1.82, 2.24) is 19.5 Å². The molecule has 0 aliphatic rings. The van der Waals surface area contributed by atoms with E-state index in [4.69, 9.17) is 18.9 Å². The Labute approximate surface area is 252 Å². The van der Waals surface area contributed by atoms with Crippen LogP contribution in [0.25, 0.3) is 16.7 Å². The number of benzene rings is 1. The first-order valence-electron chi connectivity index (χ1n) is 13.0. The number of aromatic nitrogens is 4. The lowest BCUT2D eigenvalue weighted by molar-refractivity contribution is -0.142. The molecule has 15 heteroatoms. The number of methoxy groups -OCH3 is 3. The molecule has 0 saturated carbocycles. The molecule has 0 atom stereocenters. The maximum absolute atomic E-state index is 15.1. The fourth-order valence-electron chi connectivity index (χ4n) is 4.41. The third-order valence-corrected chi connectivity index (χ3v) is 6.56. The summed E-state index contributed by atoms with van der Waals surface area (Å²) in [5, 5.41) is 2.34. The van der Waals surface area contributed by atoms with Crippen LogP contribution in [0.5, 0.6) is 29.0 Å². The summed E-state index contributed by atoms with van der Waals surface area (Å²) in [5.74, 6) is -1.46. The second kappa shape index (κ2) is 12.1. The van der Waals surface area contributed by atoms with E-state index in [1.807, 2.05) is 0 Å². The number of rotatable bonds is 8. The fourth-order valence-corrected chi connectivity index (χ4v) is 4.41. The van der Waals surface area contributed by atoms with Crippen molar-refractivity contribution in [2.45, 2.75) is 13.1 Å². The molecule has 0 fully saturated rings. The Morgan fingerprint density at radius 3 is 2.33 bits per heavy atom. The molecule has 1 amide bonds. The van der Waals surface area contributed by atoms with Gasteiger partial charge in [-0.3, -0.25) is 19.1 Å². The molecule has 0 saturated heterocycles. The molecule has 0 bridgehead atoms. The van der Waals surface area contributed by atoms with Gasteiger partial charge in [-0.15, -0.1) is 0 Å². The number of aryl methyl sites for hydroxylation is 1. The summed E-state index contributed by atoms with van der Waals surface area (Å²) < 4.78 is 78.3. The maximum Gasteiger partial charge on any atom is 0.431 e. The second-order valence-electron chi connectivity index (χ2n) is 9.36. The van der Waals surface area contributed by atoms with Crippen LogP contribution in [0.2, 0.25) is 0 Å². The average Bonchev–Trinajstić information content (AvgIpc) is 3.01. The van der Waals surface area contributed by atoms with E-state index < -0.39 is 34.7 Å². The molecule has 1 N–H and O–H groups in total. The summed E-state index contributed by atoms with van der Waals surface area (Å²) in [5.41, 5.74) is -2.63. The Balaban J connectivity index is 1.45. The number of hydrogen-bond donors (Lipinski definition) is 1.